The van der Waals surface area contributed by atoms with Gasteiger partial charge in [-0.05, 0) is 25.1 Å². The number of nitrogens with one attached hydrogen (secondary N) is 1. The molecule has 0 saturated carbocycles. The van der Waals surface area contributed by atoms with E-state index in [4.69, 9.17) is 0 Å². The third-order valence-electron chi connectivity index (χ3n) is 3.28. The molecule has 1 aromatic carbocycles. The van der Waals surface area contributed by atoms with E-state index in [9.17, 15) is 22.4 Å². The highest BCUT2D eigenvalue weighted by Crippen LogP contribution is 2.32. The fourth-order valence-corrected chi connectivity index (χ4v) is 2.18. The molecule has 21 heavy (non-hydrogen) atoms. The third kappa shape index (κ3) is 3.85. The summed E-state index contributed by atoms with van der Waals surface area (Å²) >= 11 is 0. The molecule has 1 saturated heterocycles. The summed E-state index contributed by atoms with van der Waals surface area (Å²) in [6, 6.07) is 2.23. The van der Waals surface area contributed by atoms with Gasteiger partial charge in [-0.3, -0.25) is 4.79 Å². The molecule has 1 fully saturated rings. The number of carbonyl (C=O) groups excluding carboxylic acids is 1. The van der Waals surface area contributed by atoms with Crippen LogP contribution in [0.2, 0.25) is 0 Å². The number of alkyl halides is 3. The molecule has 1 aliphatic heterocycles. The van der Waals surface area contributed by atoms with Gasteiger partial charge in [0, 0.05) is 31.2 Å². The summed E-state index contributed by atoms with van der Waals surface area (Å²) < 4.78 is 51.1. The average molecular weight is 327 g/mol. The topological polar surface area (TPSA) is 32.3 Å². The Labute approximate surface area is 125 Å². The van der Waals surface area contributed by atoms with Gasteiger partial charge in [0.1, 0.15) is 5.82 Å². The number of piperazine rings is 1. The third-order valence-corrected chi connectivity index (χ3v) is 3.28. The number of halogens is 5. The second kappa shape index (κ2) is 6.62. The van der Waals surface area contributed by atoms with E-state index < -0.39 is 23.5 Å². The first kappa shape index (κ1) is 17.7. The molecule has 0 aromatic heterocycles. The Kier molecular flexibility index (Phi) is 5.58. The second-order valence-corrected chi connectivity index (χ2v) is 4.74. The van der Waals surface area contributed by atoms with Crippen molar-refractivity contribution in [2.45, 2.75) is 19.1 Å². The standard InChI is InChI=1S/C13H14F4N2O.ClH/c1-8-7-18-4-5-19(8)12(20)9-2-3-11(14)10(6-9)13(15,16)17;/h2-3,6,8,18H,4-5,7H2,1H3;1H. The molecule has 1 atom stereocenters. The molecule has 3 nitrogen and oxygen atoms in total. The van der Waals surface area contributed by atoms with Gasteiger partial charge < -0.3 is 10.2 Å². The zero-order valence-electron chi connectivity index (χ0n) is 11.2. The molecule has 1 heterocycles. The van der Waals surface area contributed by atoms with Crippen molar-refractivity contribution in [1.82, 2.24) is 10.2 Å². The number of carbonyl (C=O) groups is 1. The van der Waals surface area contributed by atoms with E-state index in [1.807, 2.05) is 0 Å². The van der Waals surface area contributed by atoms with E-state index in [0.717, 1.165) is 6.07 Å². The summed E-state index contributed by atoms with van der Waals surface area (Å²) in [5.74, 6) is -1.88. The molecular weight excluding hydrogens is 312 g/mol. The molecule has 0 spiro atoms. The van der Waals surface area contributed by atoms with Crippen molar-refractivity contribution in [1.29, 1.82) is 0 Å². The van der Waals surface area contributed by atoms with Crippen LogP contribution in [0.3, 0.4) is 0 Å². The average Bonchev–Trinajstić information content (AvgIpc) is 2.37. The molecular formula is C13H15ClF4N2O. The van der Waals surface area contributed by atoms with Crippen molar-refractivity contribution in [3.8, 4) is 0 Å². The smallest absolute Gasteiger partial charge is 0.333 e. The molecule has 8 heteroatoms. The van der Waals surface area contributed by atoms with Crippen molar-refractivity contribution < 1.29 is 22.4 Å². The predicted octanol–water partition coefficient (Wildman–Crippen LogP) is 2.70. The Balaban J connectivity index is 0.00000220. The molecule has 1 aliphatic rings. The maximum atomic E-state index is 13.2. The molecule has 0 bridgehead atoms. The van der Waals surface area contributed by atoms with Gasteiger partial charge in [0.15, 0.2) is 0 Å². The van der Waals surface area contributed by atoms with E-state index in [1.165, 1.54) is 4.90 Å². The summed E-state index contributed by atoms with van der Waals surface area (Å²) in [6.07, 6.45) is -4.81. The first-order valence-electron chi connectivity index (χ1n) is 6.19. The Morgan fingerprint density at radius 3 is 2.62 bits per heavy atom. The Hall–Kier alpha value is -1.34. The van der Waals surface area contributed by atoms with Crippen molar-refractivity contribution in [2.75, 3.05) is 19.6 Å². The largest absolute Gasteiger partial charge is 0.419 e. The lowest BCUT2D eigenvalue weighted by Crippen LogP contribution is -2.52. The number of rotatable bonds is 1. The van der Waals surface area contributed by atoms with E-state index in [1.54, 1.807) is 6.92 Å². The lowest BCUT2D eigenvalue weighted by molar-refractivity contribution is -0.140. The summed E-state index contributed by atoms with van der Waals surface area (Å²) in [7, 11) is 0. The summed E-state index contributed by atoms with van der Waals surface area (Å²) in [5, 5.41) is 3.08. The fraction of sp³-hybridized carbons (Fsp3) is 0.462. The number of hydrogen-bond acceptors (Lipinski definition) is 2. The summed E-state index contributed by atoms with van der Waals surface area (Å²) in [4.78, 5) is 13.7. The minimum absolute atomic E-state index is 0. The van der Waals surface area contributed by atoms with Gasteiger partial charge >= 0.3 is 6.18 Å². The van der Waals surface area contributed by atoms with Crippen LogP contribution in [0.25, 0.3) is 0 Å². The van der Waals surface area contributed by atoms with E-state index in [0.29, 0.717) is 31.8 Å². The van der Waals surface area contributed by atoms with Crippen LogP contribution >= 0.6 is 12.4 Å². The van der Waals surface area contributed by atoms with Gasteiger partial charge in [0.25, 0.3) is 5.91 Å². The summed E-state index contributed by atoms with van der Waals surface area (Å²) in [5.41, 5.74) is -1.56. The molecule has 1 unspecified atom stereocenters. The summed E-state index contributed by atoms with van der Waals surface area (Å²) in [6.45, 7) is 3.39. The second-order valence-electron chi connectivity index (χ2n) is 4.74. The highest BCUT2D eigenvalue weighted by molar-refractivity contribution is 5.94. The zero-order valence-corrected chi connectivity index (χ0v) is 12.0. The van der Waals surface area contributed by atoms with Gasteiger partial charge in [0.05, 0.1) is 5.56 Å². The van der Waals surface area contributed by atoms with Crippen LogP contribution in [-0.2, 0) is 6.18 Å². The molecule has 1 N–H and O–H groups in total. The van der Waals surface area contributed by atoms with E-state index in [-0.39, 0.29) is 24.0 Å². The van der Waals surface area contributed by atoms with Crippen LogP contribution in [0.4, 0.5) is 17.6 Å². The first-order chi connectivity index (χ1) is 9.30. The van der Waals surface area contributed by atoms with Crippen LogP contribution in [-0.4, -0.2) is 36.5 Å². The maximum Gasteiger partial charge on any atom is 0.419 e. The Morgan fingerprint density at radius 1 is 1.38 bits per heavy atom. The highest BCUT2D eigenvalue weighted by atomic mass is 35.5. The minimum Gasteiger partial charge on any atom is -0.333 e. The lowest BCUT2D eigenvalue weighted by atomic mass is 10.1. The van der Waals surface area contributed by atoms with Crippen molar-refractivity contribution in [2.24, 2.45) is 0 Å². The Morgan fingerprint density at radius 2 is 2.05 bits per heavy atom. The molecule has 1 aromatic rings. The van der Waals surface area contributed by atoms with Gasteiger partial charge in [0.2, 0.25) is 0 Å². The van der Waals surface area contributed by atoms with E-state index in [2.05, 4.69) is 5.32 Å². The molecule has 1 amide bonds. The monoisotopic (exact) mass is 326 g/mol. The van der Waals surface area contributed by atoms with Crippen LogP contribution in [0.5, 0.6) is 0 Å². The van der Waals surface area contributed by atoms with Crippen LogP contribution in [0.15, 0.2) is 18.2 Å². The minimum atomic E-state index is -4.81. The van der Waals surface area contributed by atoms with Gasteiger partial charge in [-0.2, -0.15) is 13.2 Å². The van der Waals surface area contributed by atoms with Crippen molar-refractivity contribution >= 4 is 18.3 Å². The highest BCUT2D eigenvalue weighted by Gasteiger charge is 2.35. The van der Waals surface area contributed by atoms with Gasteiger partial charge in [-0.15, -0.1) is 12.4 Å². The van der Waals surface area contributed by atoms with Crippen LogP contribution in [0.1, 0.15) is 22.8 Å². The normalized spacial score (nSPS) is 19.1. The molecule has 118 valence electrons. The Bertz CT molecular complexity index is 521. The molecule has 2 rings (SSSR count). The number of nitrogens with zero attached hydrogens (tertiary/aromatic N) is 1. The molecule has 0 aliphatic carbocycles. The van der Waals surface area contributed by atoms with Crippen molar-refractivity contribution in [3.63, 3.8) is 0 Å². The van der Waals surface area contributed by atoms with Crippen molar-refractivity contribution in [3.05, 3.63) is 35.1 Å². The lowest BCUT2D eigenvalue weighted by Gasteiger charge is -2.34. The predicted molar refractivity (Wildman–Crippen MR) is 72.0 cm³/mol. The van der Waals surface area contributed by atoms with Crippen LogP contribution < -0.4 is 5.32 Å². The van der Waals surface area contributed by atoms with E-state index >= 15 is 0 Å². The van der Waals surface area contributed by atoms with Gasteiger partial charge in [-0.1, -0.05) is 0 Å². The van der Waals surface area contributed by atoms with Crippen LogP contribution in [0, 0.1) is 5.82 Å². The fourth-order valence-electron chi connectivity index (χ4n) is 2.18. The number of amides is 1. The first-order valence-corrected chi connectivity index (χ1v) is 6.19. The number of benzene rings is 1. The number of hydrogen-bond donors (Lipinski definition) is 1. The zero-order chi connectivity index (χ0) is 14.9. The molecule has 0 radical (unpaired) electrons. The SMILES string of the molecule is CC1CNCCN1C(=O)c1ccc(F)c(C(F)(F)F)c1.Cl. The maximum absolute atomic E-state index is 13.2. The van der Waals surface area contributed by atoms with Gasteiger partial charge in [-0.25, -0.2) is 4.39 Å². The quantitative estimate of drug-likeness (QED) is 0.805.